The summed E-state index contributed by atoms with van der Waals surface area (Å²) in [6.45, 7) is 0. The van der Waals surface area contributed by atoms with Crippen molar-refractivity contribution in [3.63, 3.8) is 0 Å². The van der Waals surface area contributed by atoms with Gasteiger partial charge < -0.3 is 11.5 Å². The van der Waals surface area contributed by atoms with Gasteiger partial charge in [0.25, 0.3) is 0 Å². The quantitative estimate of drug-likeness (QED) is 0.567. The zero-order valence-electron chi connectivity index (χ0n) is 5.07. The van der Waals surface area contributed by atoms with Crippen LogP contribution in [0.2, 0.25) is 5.02 Å². The number of rotatable bonds is 0. The summed E-state index contributed by atoms with van der Waals surface area (Å²) in [6, 6.07) is 2.38. The molecule has 0 aliphatic rings. The first-order chi connectivity index (χ1) is 4.61. The number of nitrogen functional groups attached to an aromatic ring is 2. The van der Waals surface area contributed by atoms with Gasteiger partial charge in [-0.3, -0.25) is 0 Å². The molecule has 0 saturated heterocycles. The van der Waals surface area contributed by atoms with Crippen molar-refractivity contribution in [1.29, 1.82) is 0 Å². The number of hydrogen-bond acceptors (Lipinski definition) is 2. The van der Waals surface area contributed by atoms with E-state index in [0.717, 1.165) is 6.07 Å². The lowest BCUT2D eigenvalue weighted by Crippen LogP contribution is -1.94. The number of anilines is 2. The number of hydrogen-bond donors (Lipinski definition) is 2. The third kappa shape index (κ3) is 1.14. The number of halogens is 2. The van der Waals surface area contributed by atoms with E-state index >= 15 is 0 Å². The highest BCUT2D eigenvalue weighted by Gasteiger charge is 2.01. The van der Waals surface area contributed by atoms with Crippen molar-refractivity contribution in [1.82, 2.24) is 0 Å². The maximum absolute atomic E-state index is 12.5. The molecule has 0 atom stereocenters. The molecule has 54 valence electrons. The summed E-state index contributed by atoms with van der Waals surface area (Å²) in [7, 11) is 0. The van der Waals surface area contributed by atoms with Crippen molar-refractivity contribution in [2.45, 2.75) is 0 Å². The van der Waals surface area contributed by atoms with Crippen molar-refractivity contribution in [2.24, 2.45) is 0 Å². The average Bonchev–Trinajstić information content (AvgIpc) is 1.84. The highest BCUT2D eigenvalue weighted by atomic mass is 35.5. The molecule has 0 aromatic heterocycles. The Kier molecular flexibility index (Phi) is 1.68. The SMILES string of the molecule is Nc1cc(N)c(Cl)cc1F. The zero-order chi connectivity index (χ0) is 7.72. The van der Waals surface area contributed by atoms with Gasteiger partial charge >= 0.3 is 0 Å². The fourth-order valence-corrected chi connectivity index (χ4v) is 0.734. The molecular weight excluding hydrogens is 155 g/mol. The molecule has 10 heavy (non-hydrogen) atoms. The van der Waals surface area contributed by atoms with Crippen LogP contribution in [-0.2, 0) is 0 Å². The lowest BCUT2D eigenvalue weighted by molar-refractivity contribution is 0.633. The molecule has 0 radical (unpaired) electrons. The van der Waals surface area contributed by atoms with Gasteiger partial charge in [0, 0.05) is 0 Å². The third-order valence-electron chi connectivity index (χ3n) is 1.12. The van der Waals surface area contributed by atoms with E-state index in [1.165, 1.54) is 6.07 Å². The van der Waals surface area contributed by atoms with Crippen LogP contribution in [0.25, 0.3) is 0 Å². The first kappa shape index (κ1) is 7.15. The normalized spacial score (nSPS) is 9.80. The summed E-state index contributed by atoms with van der Waals surface area (Å²) in [5, 5.41) is 0.187. The van der Waals surface area contributed by atoms with Crippen LogP contribution in [0, 0.1) is 5.82 Å². The minimum absolute atomic E-state index is 0.0156. The van der Waals surface area contributed by atoms with Crippen LogP contribution < -0.4 is 11.5 Å². The van der Waals surface area contributed by atoms with Gasteiger partial charge in [-0.1, -0.05) is 11.6 Å². The first-order valence-corrected chi connectivity index (χ1v) is 2.99. The summed E-state index contributed by atoms with van der Waals surface area (Å²) in [5.74, 6) is -0.542. The van der Waals surface area contributed by atoms with Crippen molar-refractivity contribution in [3.8, 4) is 0 Å². The molecule has 1 aromatic rings. The highest BCUT2D eigenvalue weighted by molar-refractivity contribution is 6.33. The van der Waals surface area contributed by atoms with E-state index in [2.05, 4.69) is 0 Å². The molecule has 0 aliphatic carbocycles. The van der Waals surface area contributed by atoms with Gasteiger partial charge in [0.2, 0.25) is 0 Å². The van der Waals surface area contributed by atoms with Crippen molar-refractivity contribution < 1.29 is 4.39 Å². The molecule has 1 aromatic carbocycles. The minimum atomic E-state index is -0.542. The minimum Gasteiger partial charge on any atom is -0.397 e. The lowest BCUT2D eigenvalue weighted by Gasteiger charge is -1.99. The fraction of sp³-hybridized carbons (Fsp3) is 0. The maximum Gasteiger partial charge on any atom is 0.147 e. The first-order valence-electron chi connectivity index (χ1n) is 2.61. The van der Waals surface area contributed by atoms with Gasteiger partial charge in [-0.15, -0.1) is 0 Å². The molecular formula is C6H6ClFN2. The topological polar surface area (TPSA) is 52.0 Å². The Hall–Kier alpha value is -0.960. The van der Waals surface area contributed by atoms with Gasteiger partial charge in [-0.2, -0.15) is 0 Å². The molecule has 0 aliphatic heterocycles. The maximum atomic E-state index is 12.5. The summed E-state index contributed by atoms with van der Waals surface area (Å²) < 4.78 is 12.5. The molecule has 0 amide bonds. The Bertz CT molecular complexity index is 212. The second-order valence-electron chi connectivity index (χ2n) is 1.90. The van der Waals surface area contributed by atoms with Gasteiger partial charge in [0.05, 0.1) is 16.4 Å². The van der Waals surface area contributed by atoms with E-state index in [0.29, 0.717) is 5.69 Å². The second-order valence-corrected chi connectivity index (χ2v) is 2.30. The Morgan fingerprint density at radius 2 is 1.80 bits per heavy atom. The van der Waals surface area contributed by atoms with Gasteiger partial charge in [0.1, 0.15) is 5.82 Å². The fourth-order valence-electron chi connectivity index (χ4n) is 0.583. The predicted octanol–water partition coefficient (Wildman–Crippen LogP) is 1.64. The van der Waals surface area contributed by atoms with Gasteiger partial charge in [-0.05, 0) is 12.1 Å². The van der Waals surface area contributed by atoms with E-state index in [1.807, 2.05) is 0 Å². The summed E-state index contributed by atoms with van der Waals surface area (Å²) in [4.78, 5) is 0. The van der Waals surface area contributed by atoms with Crippen LogP contribution >= 0.6 is 11.6 Å². The molecule has 0 saturated carbocycles. The van der Waals surface area contributed by atoms with Crippen molar-refractivity contribution >= 4 is 23.0 Å². The largest absolute Gasteiger partial charge is 0.397 e. The standard InChI is InChI=1S/C6H6ClFN2/c7-3-1-4(8)6(10)2-5(3)9/h1-2H,9-10H2. The van der Waals surface area contributed by atoms with E-state index < -0.39 is 5.82 Å². The van der Waals surface area contributed by atoms with Crippen LogP contribution in [0.15, 0.2) is 12.1 Å². The molecule has 2 nitrogen and oxygen atoms in total. The summed E-state index contributed by atoms with van der Waals surface area (Å²) in [6.07, 6.45) is 0. The van der Waals surface area contributed by atoms with Crippen LogP contribution in [-0.4, -0.2) is 0 Å². The Morgan fingerprint density at radius 1 is 1.20 bits per heavy atom. The second kappa shape index (κ2) is 2.34. The number of benzene rings is 1. The predicted molar refractivity (Wildman–Crippen MR) is 40.2 cm³/mol. The Morgan fingerprint density at radius 3 is 2.30 bits per heavy atom. The average molecular weight is 161 g/mol. The molecule has 0 spiro atoms. The van der Waals surface area contributed by atoms with E-state index in [4.69, 9.17) is 23.1 Å². The zero-order valence-corrected chi connectivity index (χ0v) is 5.82. The summed E-state index contributed by atoms with van der Waals surface area (Å²) in [5.41, 5.74) is 10.8. The van der Waals surface area contributed by atoms with Crippen LogP contribution in [0.4, 0.5) is 15.8 Å². The van der Waals surface area contributed by atoms with Gasteiger partial charge in [-0.25, -0.2) is 4.39 Å². The molecule has 0 fully saturated rings. The monoisotopic (exact) mass is 160 g/mol. The van der Waals surface area contributed by atoms with Gasteiger partial charge in [0.15, 0.2) is 0 Å². The van der Waals surface area contributed by atoms with E-state index in [-0.39, 0.29) is 10.7 Å². The third-order valence-corrected chi connectivity index (χ3v) is 1.44. The Balaban J connectivity index is 3.28. The molecule has 1 rings (SSSR count). The Labute approximate surface area is 62.6 Å². The molecule has 4 N–H and O–H groups in total. The lowest BCUT2D eigenvalue weighted by atomic mass is 10.3. The highest BCUT2D eigenvalue weighted by Crippen LogP contribution is 2.23. The molecule has 0 unspecified atom stereocenters. The van der Waals surface area contributed by atoms with Crippen LogP contribution in [0.1, 0.15) is 0 Å². The van der Waals surface area contributed by atoms with E-state index in [9.17, 15) is 4.39 Å². The molecule has 4 heteroatoms. The van der Waals surface area contributed by atoms with Crippen LogP contribution in [0.3, 0.4) is 0 Å². The molecule has 0 heterocycles. The van der Waals surface area contributed by atoms with Crippen molar-refractivity contribution in [3.05, 3.63) is 23.0 Å². The smallest absolute Gasteiger partial charge is 0.147 e. The number of nitrogens with two attached hydrogens (primary N) is 2. The molecule has 0 bridgehead atoms. The van der Waals surface area contributed by atoms with Crippen LogP contribution in [0.5, 0.6) is 0 Å². The van der Waals surface area contributed by atoms with Crippen molar-refractivity contribution in [2.75, 3.05) is 11.5 Å². The van der Waals surface area contributed by atoms with E-state index in [1.54, 1.807) is 0 Å². The summed E-state index contributed by atoms with van der Waals surface area (Å²) >= 11 is 5.47.